The third kappa shape index (κ3) is 3.10. The molecule has 0 aromatic heterocycles. The van der Waals surface area contributed by atoms with Crippen molar-refractivity contribution in [1.82, 2.24) is 0 Å². The summed E-state index contributed by atoms with van der Waals surface area (Å²) in [5.41, 5.74) is 0. The van der Waals surface area contributed by atoms with Crippen LogP contribution in [0, 0.1) is 11.8 Å². The lowest BCUT2D eigenvalue weighted by Gasteiger charge is -2.18. The second-order valence-electron chi connectivity index (χ2n) is 3.80. The van der Waals surface area contributed by atoms with Crippen LogP contribution in [0.1, 0.15) is 26.2 Å². The fourth-order valence-corrected chi connectivity index (χ4v) is 1.93. The molecule has 1 aliphatic rings. The summed E-state index contributed by atoms with van der Waals surface area (Å²) in [6, 6.07) is 0. The number of hydrogen-bond donors (Lipinski definition) is 3. The second-order valence-corrected chi connectivity index (χ2v) is 3.80. The van der Waals surface area contributed by atoms with Crippen LogP contribution in [0.25, 0.3) is 0 Å². The molecule has 0 aliphatic heterocycles. The molecule has 0 bridgehead atoms. The van der Waals surface area contributed by atoms with E-state index in [9.17, 15) is 0 Å². The van der Waals surface area contributed by atoms with Crippen molar-refractivity contribution in [3.63, 3.8) is 0 Å². The lowest BCUT2D eigenvalue weighted by Crippen LogP contribution is -2.22. The molecule has 1 aliphatic carbocycles. The van der Waals surface area contributed by atoms with E-state index in [1.807, 2.05) is 6.08 Å². The molecule has 0 amide bonds. The lowest BCUT2D eigenvalue weighted by molar-refractivity contribution is -0.0892. The van der Waals surface area contributed by atoms with Gasteiger partial charge in [-0.3, -0.25) is 0 Å². The molecule has 0 saturated heterocycles. The largest absolute Gasteiger partial charge is 0.389 e. The van der Waals surface area contributed by atoms with Gasteiger partial charge in [-0.2, -0.15) is 0 Å². The average molecular weight is 186 g/mol. The molecule has 0 spiro atoms. The Morgan fingerprint density at radius 1 is 1.23 bits per heavy atom. The molecule has 1 rings (SSSR count). The Morgan fingerprint density at radius 3 is 2.46 bits per heavy atom. The van der Waals surface area contributed by atoms with Gasteiger partial charge in [0.15, 0.2) is 6.29 Å². The number of rotatable bonds is 3. The first-order valence-electron chi connectivity index (χ1n) is 4.84. The average Bonchev–Trinajstić information content (AvgIpc) is 2.47. The highest BCUT2D eigenvalue weighted by molar-refractivity contribution is 4.97. The van der Waals surface area contributed by atoms with Gasteiger partial charge in [0.1, 0.15) is 0 Å². The van der Waals surface area contributed by atoms with E-state index in [0.29, 0.717) is 0 Å². The third-order valence-electron chi connectivity index (χ3n) is 2.64. The zero-order valence-electron chi connectivity index (χ0n) is 7.93. The molecule has 3 nitrogen and oxygen atoms in total. The second kappa shape index (κ2) is 4.74. The number of allylic oxidation sites excluding steroid dienone is 1. The van der Waals surface area contributed by atoms with E-state index < -0.39 is 12.4 Å². The van der Waals surface area contributed by atoms with Crippen LogP contribution in [0.2, 0.25) is 0 Å². The van der Waals surface area contributed by atoms with Crippen LogP contribution in [-0.4, -0.2) is 27.7 Å². The highest BCUT2D eigenvalue weighted by Crippen LogP contribution is 2.34. The molecule has 3 atom stereocenters. The molecule has 0 aromatic rings. The van der Waals surface area contributed by atoms with Crippen LogP contribution >= 0.6 is 0 Å². The molecule has 0 radical (unpaired) electrons. The first-order valence-corrected chi connectivity index (χ1v) is 4.84. The van der Waals surface area contributed by atoms with Crippen molar-refractivity contribution in [2.75, 3.05) is 0 Å². The van der Waals surface area contributed by atoms with Gasteiger partial charge in [-0.25, -0.2) is 0 Å². The molecule has 76 valence electrons. The monoisotopic (exact) mass is 186 g/mol. The minimum Gasteiger partial charge on any atom is -0.389 e. The van der Waals surface area contributed by atoms with Crippen LogP contribution < -0.4 is 0 Å². The van der Waals surface area contributed by atoms with Crippen molar-refractivity contribution in [2.45, 2.75) is 38.6 Å². The highest BCUT2D eigenvalue weighted by atomic mass is 16.5. The van der Waals surface area contributed by atoms with Gasteiger partial charge in [-0.15, -0.1) is 0 Å². The fraction of sp³-hybridized carbons (Fsp3) is 0.800. The minimum absolute atomic E-state index is 0.0463. The molecular weight excluding hydrogens is 168 g/mol. The maximum Gasteiger partial charge on any atom is 0.154 e. The predicted octanol–water partition coefficient (Wildman–Crippen LogP) is 0.650. The van der Waals surface area contributed by atoms with E-state index in [1.165, 1.54) is 0 Å². The maximum atomic E-state index is 9.05. The van der Waals surface area contributed by atoms with Gasteiger partial charge >= 0.3 is 0 Å². The van der Waals surface area contributed by atoms with Crippen molar-refractivity contribution < 1.29 is 15.3 Å². The first kappa shape index (κ1) is 10.7. The summed E-state index contributed by atoms with van der Waals surface area (Å²) < 4.78 is 0. The molecule has 0 aromatic carbocycles. The Balaban J connectivity index is 2.48. The van der Waals surface area contributed by atoms with Crippen molar-refractivity contribution in [3.05, 3.63) is 12.2 Å². The highest BCUT2D eigenvalue weighted by Gasteiger charge is 2.29. The zero-order valence-corrected chi connectivity index (χ0v) is 7.93. The molecule has 0 heterocycles. The van der Waals surface area contributed by atoms with E-state index in [-0.39, 0.29) is 11.8 Å². The maximum absolute atomic E-state index is 9.05. The SMILES string of the molecule is CC(O)/C=C\C1CCCC1C(O)O. The van der Waals surface area contributed by atoms with Crippen molar-refractivity contribution in [2.24, 2.45) is 11.8 Å². The zero-order chi connectivity index (χ0) is 9.84. The number of aliphatic hydroxyl groups excluding tert-OH is 2. The Kier molecular flexibility index (Phi) is 3.90. The van der Waals surface area contributed by atoms with Crippen molar-refractivity contribution in [1.29, 1.82) is 0 Å². The minimum atomic E-state index is -1.22. The quantitative estimate of drug-likeness (QED) is 0.448. The van der Waals surface area contributed by atoms with E-state index >= 15 is 0 Å². The third-order valence-corrected chi connectivity index (χ3v) is 2.64. The number of hydrogen-bond acceptors (Lipinski definition) is 3. The van der Waals surface area contributed by atoms with E-state index in [2.05, 4.69) is 0 Å². The van der Waals surface area contributed by atoms with Gasteiger partial charge in [0.25, 0.3) is 0 Å². The molecule has 3 unspecified atom stereocenters. The Labute approximate surface area is 78.7 Å². The summed E-state index contributed by atoms with van der Waals surface area (Å²) in [4.78, 5) is 0. The molecule has 3 heteroatoms. The summed E-state index contributed by atoms with van der Waals surface area (Å²) in [6.07, 6.45) is 4.85. The van der Waals surface area contributed by atoms with E-state index in [4.69, 9.17) is 15.3 Å². The summed E-state index contributed by atoms with van der Waals surface area (Å²) in [5, 5.41) is 27.1. The van der Waals surface area contributed by atoms with Crippen LogP contribution in [-0.2, 0) is 0 Å². The van der Waals surface area contributed by atoms with Gasteiger partial charge in [0, 0.05) is 5.92 Å². The molecule has 1 fully saturated rings. The standard InChI is InChI=1S/C10H18O3/c1-7(11)5-6-8-3-2-4-9(8)10(12)13/h5-13H,2-4H2,1H3/b6-5-. The Hall–Kier alpha value is -0.380. The topological polar surface area (TPSA) is 60.7 Å². The van der Waals surface area contributed by atoms with Gasteiger partial charge in [-0.05, 0) is 25.7 Å². The Morgan fingerprint density at radius 2 is 1.92 bits per heavy atom. The molecular formula is C10H18O3. The van der Waals surface area contributed by atoms with Crippen molar-refractivity contribution >= 4 is 0 Å². The van der Waals surface area contributed by atoms with Crippen LogP contribution in [0.5, 0.6) is 0 Å². The summed E-state index contributed by atoms with van der Waals surface area (Å²) in [6.45, 7) is 1.69. The summed E-state index contributed by atoms with van der Waals surface area (Å²) >= 11 is 0. The smallest absolute Gasteiger partial charge is 0.154 e. The predicted molar refractivity (Wildman–Crippen MR) is 49.9 cm³/mol. The van der Waals surface area contributed by atoms with Crippen molar-refractivity contribution in [3.8, 4) is 0 Å². The summed E-state index contributed by atoms with van der Waals surface area (Å²) in [5.74, 6) is 0.171. The normalized spacial score (nSPS) is 31.8. The Bertz CT molecular complexity index is 175. The van der Waals surface area contributed by atoms with Gasteiger partial charge < -0.3 is 15.3 Å². The van der Waals surface area contributed by atoms with Gasteiger partial charge in [0.2, 0.25) is 0 Å². The fourth-order valence-electron chi connectivity index (χ4n) is 1.93. The van der Waals surface area contributed by atoms with Gasteiger partial charge in [-0.1, -0.05) is 18.6 Å². The van der Waals surface area contributed by atoms with E-state index in [1.54, 1.807) is 13.0 Å². The molecule has 13 heavy (non-hydrogen) atoms. The van der Waals surface area contributed by atoms with Crippen LogP contribution in [0.15, 0.2) is 12.2 Å². The van der Waals surface area contributed by atoms with Crippen LogP contribution in [0.4, 0.5) is 0 Å². The van der Waals surface area contributed by atoms with Crippen LogP contribution in [0.3, 0.4) is 0 Å². The molecule has 3 N–H and O–H groups in total. The summed E-state index contributed by atoms with van der Waals surface area (Å²) in [7, 11) is 0. The lowest BCUT2D eigenvalue weighted by atomic mass is 9.95. The molecule has 1 saturated carbocycles. The number of aliphatic hydroxyl groups is 3. The van der Waals surface area contributed by atoms with E-state index in [0.717, 1.165) is 19.3 Å². The van der Waals surface area contributed by atoms with Gasteiger partial charge in [0.05, 0.1) is 6.10 Å². The first-order chi connectivity index (χ1) is 6.11.